The average molecular weight is 382 g/mol. The van der Waals surface area contributed by atoms with Crippen molar-refractivity contribution < 1.29 is 22.0 Å². The van der Waals surface area contributed by atoms with Gasteiger partial charge in [0, 0.05) is 5.69 Å². The third-order valence-electron chi connectivity index (χ3n) is 4.16. The highest BCUT2D eigenvalue weighted by molar-refractivity contribution is 7.91. The fraction of sp³-hybridized carbons (Fsp3) is 0.278. The van der Waals surface area contributed by atoms with Crippen molar-refractivity contribution in [3.05, 3.63) is 60.2 Å². The summed E-state index contributed by atoms with van der Waals surface area (Å²) in [7, 11) is -4.72. The molecule has 2 amide bonds. The Kier molecular flexibility index (Phi) is 5.97. The van der Waals surface area contributed by atoms with Gasteiger partial charge >= 0.3 is 11.8 Å². The number of hydrogen-bond donors (Lipinski definition) is 2. The average Bonchev–Trinajstić information content (AvgIpc) is 2.62. The first kappa shape index (κ1) is 19.8. The zero-order chi connectivity index (χ0) is 19.4. The van der Waals surface area contributed by atoms with Crippen LogP contribution in [0.3, 0.4) is 0 Å². The van der Waals surface area contributed by atoms with E-state index in [0.717, 1.165) is 17.7 Å². The van der Waals surface area contributed by atoms with Crippen molar-refractivity contribution in [3.63, 3.8) is 0 Å². The summed E-state index contributed by atoms with van der Waals surface area (Å²) in [6, 6.07) is 13.6. The number of nitrogens with one attached hydrogen (secondary N) is 2. The molecule has 2 aromatic rings. The minimum atomic E-state index is -4.72. The molecule has 0 radical (unpaired) electrons. The van der Waals surface area contributed by atoms with Gasteiger partial charge in [-0.25, -0.2) is 13.2 Å². The van der Waals surface area contributed by atoms with Gasteiger partial charge < -0.3 is 10.6 Å². The van der Waals surface area contributed by atoms with Gasteiger partial charge in [0.15, 0.2) is 0 Å². The first-order valence-corrected chi connectivity index (χ1v) is 9.50. The van der Waals surface area contributed by atoms with E-state index in [4.69, 9.17) is 0 Å². The molecule has 0 saturated carbocycles. The number of rotatable bonds is 6. The summed E-state index contributed by atoms with van der Waals surface area (Å²) < 4.78 is 48.4. The molecule has 8 heteroatoms. The van der Waals surface area contributed by atoms with Crippen molar-refractivity contribution in [2.45, 2.75) is 36.5 Å². The van der Waals surface area contributed by atoms with Crippen LogP contribution in [0.25, 0.3) is 0 Å². The molecule has 0 fully saturated rings. The summed E-state index contributed by atoms with van der Waals surface area (Å²) in [5.74, 6) is -3.52. The Balaban J connectivity index is 2.18. The fourth-order valence-electron chi connectivity index (χ4n) is 2.44. The van der Waals surface area contributed by atoms with E-state index in [9.17, 15) is 22.0 Å². The van der Waals surface area contributed by atoms with Crippen LogP contribution in [-0.2, 0) is 15.4 Å². The summed E-state index contributed by atoms with van der Waals surface area (Å²) >= 11 is 0. The highest BCUT2D eigenvalue weighted by Gasteiger charge is 2.28. The second kappa shape index (κ2) is 7.82. The number of carbonyl (C=O) groups excluding carboxylic acids is 1. The van der Waals surface area contributed by atoms with Gasteiger partial charge in [0.05, 0.1) is 10.4 Å². The number of benzene rings is 2. The normalized spacial score (nSPS) is 13.9. The van der Waals surface area contributed by atoms with Crippen LogP contribution in [0, 0.1) is 0 Å². The number of sulfone groups is 1. The SMILES string of the molecule is CCC(C)(NC(=O)Nc1cccc(S(=O)(=O)C(F)F)c1)c1ccccc1. The van der Waals surface area contributed by atoms with Gasteiger partial charge in [0.2, 0.25) is 9.84 Å². The Labute approximate surface area is 151 Å². The van der Waals surface area contributed by atoms with Crippen molar-refractivity contribution in [2.75, 3.05) is 5.32 Å². The van der Waals surface area contributed by atoms with Crippen molar-refractivity contribution in [1.29, 1.82) is 0 Å². The monoisotopic (exact) mass is 382 g/mol. The Morgan fingerprint density at radius 2 is 1.77 bits per heavy atom. The van der Waals surface area contributed by atoms with Crippen LogP contribution in [0.2, 0.25) is 0 Å². The molecule has 2 rings (SSSR count). The van der Waals surface area contributed by atoms with Crippen LogP contribution in [0.1, 0.15) is 25.8 Å². The summed E-state index contributed by atoms with van der Waals surface area (Å²) in [4.78, 5) is 11.8. The molecule has 0 saturated heterocycles. The number of alkyl halides is 2. The molecular formula is C18H20F2N2O3S. The molecule has 0 bridgehead atoms. The number of hydrogen-bond acceptors (Lipinski definition) is 3. The molecule has 1 atom stereocenters. The van der Waals surface area contributed by atoms with Crippen LogP contribution >= 0.6 is 0 Å². The number of carbonyl (C=O) groups is 1. The van der Waals surface area contributed by atoms with E-state index in [1.54, 1.807) is 0 Å². The highest BCUT2D eigenvalue weighted by atomic mass is 32.2. The van der Waals surface area contributed by atoms with Crippen molar-refractivity contribution in [2.24, 2.45) is 0 Å². The van der Waals surface area contributed by atoms with Gasteiger partial charge in [-0.2, -0.15) is 8.78 Å². The maximum absolute atomic E-state index is 12.7. The third kappa shape index (κ3) is 4.37. The van der Waals surface area contributed by atoms with E-state index in [1.807, 2.05) is 44.2 Å². The van der Waals surface area contributed by atoms with Crippen molar-refractivity contribution in [1.82, 2.24) is 5.32 Å². The third-order valence-corrected chi connectivity index (χ3v) is 5.54. The first-order valence-electron chi connectivity index (χ1n) is 7.96. The minimum absolute atomic E-state index is 0.107. The van der Waals surface area contributed by atoms with Crippen molar-refractivity contribution in [3.8, 4) is 0 Å². The predicted molar refractivity (Wildman–Crippen MR) is 95.9 cm³/mol. The van der Waals surface area contributed by atoms with E-state index >= 15 is 0 Å². The lowest BCUT2D eigenvalue weighted by Gasteiger charge is -2.30. The second-order valence-corrected chi connectivity index (χ2v) is 7.88. The van der Waals surface area contributed by atoms with E-state index in [1.165, 1.54) is 12.1 Å². The summed E-state index contributed by atoms with van der Waals surface area (Å²) in [6.07, 6.45) is 0.615. The second-order valence-electron chi connectivity index (χ2n) is 5.96. The molecule has 0 heterocycles. The molecule has 0 aliphatic rings. The molecule has 140 valence electrons. The summed E-state index contributed by atoms with van der Waals surface area (Å²) in [5.41, 5.74) is 0.375. The lowest BCUT2D eigenvalue weighted by molar-refractivity contribution is 0.234. The molecular weight excluding hydrogens is 362 g/mol. The topological polar surface area (TPSA) is 75.3 Å². The molecule has 2 N–H and O–H groups in total. The van der Waals surface area contributed by atoms with E-state index in [-0.39, 0.29) is 5.69 Å². The Morgan fingerprint density at radius 1 is 1.12 bits per heavy atom. The standard InChI is InChI=1S/C18H20F2N2O3S/c1-3-18(2,13-8-5-4-6-9-13)22-17(23)21-14-10-7-11-15(12-14)26(24,25)16(19)20/h4-12,16H,3H2,1-2H3,(H2,21,22,23). The quantitative estimate of drug-likeness (QED) is 0.789. The predicted octanol–water partition coefficient (Wildman–Crippen LogP) is 4.13. The Bertz CT molecular complexity index is 873. The molecule has 1 unspecified atom stereocenters. The van der Waals surface area contributed by atoms with Crippen molar-refractivity contribution >= 4 is 21.6 Å². The Morgan fingerprint density at radius 3 is 2.35 bits per heavy atom. The largest absolute Gasteiger partial charge is 0.341 e. The van der Waals surface area contributed by atoms with E-state index < -0.39 is 32.1 Å². The molecule has 0 aliphatic heterocycles. The Hall–Kier alpha value is -2.48. The van der Waals surface area contributed by atoms with Crippen LogP contribution in [-0.4, -0.2) is 20.2 Å². The molecule has 0 aliphatic carbocycles. The van der Waals surface area contributed by atoms with Gasteiger partial charge in [0.1, 0.15) is 0 Å². The molecule has 5 nitrogen and oxygen atoms in total. The molecule has 26 heavy (non-hydrogen) atoms. The maximum Gasteiger partial charge on any atom is 0.341 e. The zero-order valence-corrected chi connectivity index (χ0v) is 15.2. The smallest absolute Gasteiger partial charge is 0.329 e. The van der Waals surface area contributed by atoms with Crippen LogP contribution in [0.4, 0.5) is 19.3 Å². The van der Waals surface area contributed by atoms with Gasteiger partial charge in [-0.15, -0.1) is 0 Å². The van der Waals surface area contributed by atoms with Gasteiger partial charge in [-0.3, -0.25) is 0 Å². The summed E-state index contributed by atoms with van der Waals surface area (Å²) in [6.45, 7) is 3.78. The lowest BCUT2D eigenvalue weighted by atomic mass is 9.89. The number of halogens is 2. The zero-order valence-electron chi connectivity index (χ0n) is 14.4. The first-order chi connectivity index (χ1) is 12.2. The lowest BCUT2D eigenvalue weighted by Crippen LogP contribution is -2.45. The molecule has 0 spiro atoms. The van der Waals surface area contributed by atoms with Gasteiger partial charge in [-0.05, 0) is 37.1 Å². The van der Waals surface area contributed by atoms with Gasteiger partial charge in [-0.1, -0.05) is 43.3 Å². The minimum Gasteiger partial charge on any atom is -0.329 e. The van der Waals surface area contributed by atoms with E-state index in [2.05, 4.69) is 10.6 Å². The highest BCUT2D eigenvalue weighted by Crippen LogP contribution is 2.25. The van der Waals surface area contributed by atoms with E-state index in [0.29, 0.717) is 6.42 Å². The fourth-order valence-corrected chi connectivity index (χ4v) is 3.20. The summed E-state index contributed by atoms with van der Waals surface area (Å²) in [5, 5.41) is 5.33. The van der Waals surface area contributed by atoms with Crippen LogP contribution in [0.15, 0.2) is 59.5 Å². The number of urea groups is 1. The van der Waals surface area contributed by atoms with Crippen LogP contribution < -0.4 is 10.6 Å². The number of anilines is 1. The maximum atomic E-state index is 12.7. The van der Waals surface area contributed by atoms with Gasteiger partial charge in [0.25, 0.3) is 0 Å². The van der Waals surface area contributed by atoms with Crippen LogP contribution in [0.5, 0.6) is 0 Å². The molecule has 2 aromatic carbocycles. The molecule has 0 aromatic heterocycles. The number of amides is 2.